The Morgan fingerprint density at radius 3 is 2.81 bits per heavy atom. The van der Waals surface area contributed by atoms with Crippen LogP contribution in [0.1, 0.15) is 25.3 Å². The zero-order chi connectivity index (χ0) is 11.2. The Hall–Kier alpha value is -1.41. The van der Waals surface area contributed by atoms with E-state index in [-0.39, 0.29) is 0 Å². The van der Waals surface area contributed by atoms with Crippen molar-refractivity contribution in [2.45, 2.75) is 25.4 Å². The van der Waals surface area contributed by atoms with Gasteiger partial charge in [0.25, 0.3) is 0 Å². The lowest BCUT2D eigenvalue weighted by atomic mass is 9.88. The Balaban J connectivity index is 2.23. The summed E-state index contributed by atoms with van der Waals surface area (Å²) in [7, 11) is 0. The fraction of sp³-hybridized carbons (Fsp3) is 0.357. The van der Waals surface area contributed by atoms with Crippen LogP contribution in [-0.4, -0.2) is 10.1 Å². The maximum atomic E-state index is 10.6. The molecule has 2 nitrogen and oxygen atoms in total. The van der Waals surface area contributed by atoms with Crippen LogP contribution in [0.3, 0.4) is 0 Å². The van der Waals surface area contributed by atoms with Crippen molar-refractivity contribution in [3.63, 3.8) is 0 Å². The van der Waals surface area contributed by atoms with Crippen molar-refractivity contribution in [1.29, 1.82) is 0 Å². The Morgan fingerprint density at radius 1 is 1.25 bits per heavy atom. The number of aliphatic hydroxyl groups is 1. The summed E-state index contributed by atoms with van der Waals surface area (Å²) in [6, 6.07) is 9.94. The van der Waals surface area contributed by atoms with E-state index in [0.29, 0.717) is 5.92 Å². The van der Waals surface area contributed by atoms with Gasteiger partial charge in [0.1, 0.15) is 0 Å². The van der Waals surface area contributed by atoms with Gasteiger partial charge in [-0.3, -0.25) is 4.98 Å². The molecule has 1 aromatic heterocycles. The number of nitrogens with zero attached hydrogens (tertiary/aromatic N) is 1. The number of rotatable bonds is 2. The van der Waals surface area contributed by atoms with Crippen LogP contribution in [0.15, 0.2) is 36.5 Å². The summed E-state index contributed by atoms with van der Waals surface area (Å²) in [5.74, 6) is 0.415. The van der Waals surface area contributed by atoms with E-state index in [0.717, 1.165) is 29.3 Å². The standard InChI is InChI=1S/C14H15NO/c1-14(16,10-7-8-10)12-5-2-6-13-11(12)4-3-9-15-13/h2-6,9-10,16H,7-8H2,1H3. The molecular weight excluding hydrogens is 198 g/mol. The second-order valence-electron chi connectivity index (χ2n) is 4.80. The number of pyridine rings is 1. The van der Waals surface area contributed by atoms with Crippen LogP contribution in [0.4, 0.5) is 0 Å². The van der Waals surface area contributed by atoms with Gasteiger partial charge in [-0.1, -0.05) is 18.2 Å². The maximum Gasteiger partial charge on any atom is 0.0903 e. The smallest absolute Gasteiger partial charge is 0.0903 e. The quantitative estimate of drug-likeness (QED) is 0.832. The molecule has 1 atom stereocenters. The van der Waals surface area contributed by atoms with Crippen LogP contribution in [0, 0.1) is 5.92 Å². The maximum absolute atomic E-state index is 10.6. The van der Waals surface area contributed by atoms with E-state index in [1.807, 2.05) is 37.3 Å². The summed E-state index contributed by atoms with van der Waals surface area (Å²) >= 11 is 0. The highest BCUT2D eigenvalue weighted by molar-refractivity contribution is 5.82. The molecule has 1 unspecified atom stereocenters. The molecule has 1 saturated carbocycles. The molecule has 0 spiro atoms. The minimum Gasteiger partial charge on any atom is -0.385 e. The van der Waals surface area contributed by atoms with Gasteiger partial charge in [0.05, 0.1) is 11.1 Å². The predicted octanol–water partition coefficient (Wildman–Crippen LogP) is 2.85. The van der Waals surface area contributed by atoms with E-state index >= 15 is 0 Å². The minimum atomic E-state index is -0.706. The lowest BCUT2D eigenvalue weighted by molar-refractivity contribution is 0.0346. The number of hydrogen-bond acceptors (Lipinski definition) is 2. The molecule has 0 amide bonds. The summed E-state index contributed by atoms with van der Waals surface area (Å²) in [4.78, 5) is 4.32. The van der Waals surface area contributed by atoms with Crippen molar-refractivity contribution < 1.29 is 5.11 Å². The van der Waals surface area contributed by atoms with Gasteiger partial charge in [-0.05, 0) is 43.4 Å². The third-order valence-corrected chi connectivity index (χ3v) is 3.56. The molecule has 0 saturated heterocycles. The average Bonchev–Trinajstić information content (AvgIpc) is 3.12. The molecule has 1 N–H and O–H groups in total. The molecule has 0 radical (unpaired) electrons. The molecule has 2 heteroatoms. The summed E-state index contributed by atoms with van der Waals surface area (Å²) in [5.41, 5.74) is 1.27. The van der Waals surface area contributed by atoms with Gasteiger partial charge >= 0.3 is 0 Å². The van der Waals surface area contributed by atoms with Crippen molar-refractivity contribution >= 4 is 10.9 Å². The van der Waals surface area contributed by atoms with Crippen LogP contribution in [0.25, 0.3) is 10.9 Å². The monoisotopic (exact) mass is 213 g/mol. The lowest BCUT2D eigenvalue weighted by Gasteiger charge is -2.25. The van der Waals surface area contributed by atoms with Crippen LogP contribution < -0.4 is 0 Å². The van der Waals surface area contributed by atoms with Gasteiger partial charge in [0.15, 0.2) is 0 Å². The molecule has 3 rings (SSSR count). The van der Waals surface area contributed by atoms with Crippen molar-refractivity contribution in [3.8, 4) is 0 Å². The summed E-state index contributed by atoms with van der Waals surface area (Å²) in [6.07, 6.45) is 4.05. The van der Waals surface area contributed by atoms with Crippen LogP contribution in [-0.2, 0) is 5.60 Å². The minimum absolute atomic E-state index is 0.415. The van der Waals surface area contributed by atoms with E-state index in [1.165, 1.54) is 0 Å². The van der Waals surface area contributed by atoms with E-state index < -0.39 is 5.60 Å². The second-order valence-corrected chi connectivity index (χ2v) is 4.80. The van der Waals surface area contributed by atoms with Crippen LogP contribution >= 0.6 is 0 Å². The van der Waals surface area contributed by atoms with Gasteiger partial charge in [0.2, 0.25) is 0 Å². The van der Waals surface area contributed by atoms with Crippen molar-refractivity contribution in [3.05, 3.63) is 42.1 Å². The first-order valence-electron chi connectivity index (χ1n) is 5.76. The predicted molar refractivity (Wildman–Crippen MR) is 64.0 cm³/mol. The molecule has 82 valence electrons. The molecular formula is C14H15NO. The number of fused-ring (bicyclic) bond motifs is 1. The largest absolute Gasteiger partial charge is 0.385 e. The SMILES string of the molecule is CC(O)(c1cccc2ncccc12)C1CC1. The molecule has 0 aliphatic heterocycles. The van der Waals surface area contributed by atoms with Crippen LogP contribution in [0.2, 0.25) is 0 Å². The normalized spacial score (nSPS) is 19.6. The summed E-state index contributed by atoms with van der Waals surface area (Å²) in [6.45, 7) is 1.92. The highest BCUT2D eigenvalue weighted by Crippen LogP contribution is 2.46. The van der Waals surface area contributed by atoms with Gasteiger partial charge in [-0.15, -0.1) is 0 Å². The molecule has 1 fully saturated rings. The fourth-order valence-corrected chi connectivity index (χ4v) is 2.41. The Morgan fingerprint density at radius 2 is 2.06 bits per heavy atom. The first-order valence-corrected chi connectivity index (χ1v) is 5.76. The highest BCUT2D eigenvalue weighted by atomic mass is 16.3. The Bertz CT molecular complexity index is 524. The topological polar surface area (TPSA) is 33.1 Å². The summed E-state index contributed by atoms with van der Waals surface area (Å²) in [5, 5.41) is 11.7. The highest BCUT2D eigenvalue weighted by Gasteiger charge is 2.41. The molecule has 16 heavy (non-hydrogen) atoms. The Kier molecular flexibility index (Phi) is 2.01. The van der Waals surface area contributed by atoms with E-state index in [1.54, 1.807) is 6.20 Å². The third kappa shape index (κ3) is 1.41. The molecule has 1 aromatic carbocycles. The van der Waals surface area contributed by atoms with Gasteiger partial charge in [-0.2, -0.15) is 0 Å². The molecule has 2 aromatic rings. The zero-order valence-corrected chi connectivity index (χ0v) is 9.35. The lowest BCUT2D eigenvalue weighted by Crippen LogP contribution is -2.24. The molecule has 0 bridgehead atoms. The Labute approximate surface area is 94.9 Å². The number of aromatic nitrogens is 1. The van der Waals surface area contributed by atoms with Crippen molar-refractivity contribution in [1.82, 2.24) is 4.98 Å². The van der Waals surface area contributed by atoms with Gasteiger partial charge in [-0.25, -0.2) is 0 Å². The molecule has 1 heterocycles. The van der Waals surface area contributed by atoms with E-state index in [2.05, 4.69) is 4.98 Å². The first kappa shape index (κ1) is 9.79. The average molecular weight is 213 g/mol. The van der Waals surface area contributed by atoms with Gasteiger partial charge < -0.3 is 5.11 Å². The molecule has 1 aliphatic rings. The van der Waals surface area contributed by atoms with Gasteiger partial charge in [0, 0.05) is 11.6 Å². The first-order chi connectivity index (χ1) is 7.69. The van der Waals surface area contributed by atoms with E-state index in [4.69, 9.17) is 0 Å². The fourth-order valence-electron chi connectivity index (χ4n) is 2.41. The third-order valence-electron chi connectivity index (χ3n) is 3.56. The zero-order valence-electron chi connectivity index (χ0n) is 9.35. The molecule has 1 aliphatic carbocycles. The number of hydrogen-bond donors (Lipinski definition) is 1. The van der Waals surface area contributed by atoms with Crippen LogP contribution in [0.5, 0.6) is 0 Å². The second kappa shape index (κ2) is 3.29. The van der Waals surface area contributed by atoms with E-state index in [9.17, 15) is 5.11 Å². The van der Waals surface area contributed by atoms with Crippen molar-refractivity contribution in [2.75, 3.05) is 0 Å². The summed E-state index contributed by atoms with van der Waals surface area (Å²) < 4.78 is 0. The number of benzene rings is 1. The van der Waals surface area contributed by atoms with Crippen molar-refractivity contribution in [2.24, 2.45) is 5.92 Å².